The molecule has 0 radical (unpaired) electrons. The van der Waals surface area contributed by atoms with E-state index in [2.05, 4.69) is 5.32 Å². The number of aliphatic hydroxyl groups is 2. The first-order chi connectivity index (χ1) is 4.30. The van der Waals surface area contributed by atoms with Gasteiger partial charge in [-0.25, -0.2) is 0 Å². The van der Waals surface area contributed by atoms with Crippen molar-refractivity contribution in [2.24, 2.45) is 0 Å². The maximum atomic E-state index is 9.07. The largest absolute Gasteiger partial charge is 0.390 e. The summed E-state index contributed by atoms with van der Waals surface area (Å²) in [5.74, 6) is 0. The monoisotopic (exact) mass is 131 g/mol. The number of nitrogens with one attached hydrogen (secondary N) is 1. The van der Waals surface area contributed by atoms with Crippen LogP contribution in [-0.2, 0) is 0 Å². The van der Waals surface area contributed by atoms with E-state index in [0.717, 1.165) is 13.1 Å². The molecule has 0 spiro atoms. The second-order valence-electron chi connectivity index (χ2n) is 2.46. The quantitative estimate of drug-likeness (QED) is 0.399. The second-order valence-corrected chi connectivity index (χ2v) is 2.46. The Kier molecular flexibility index (Phi) is 2.45. The second kappa shape index (κ2) is 3.15. The lowest BCUT2D eigenvalue weighted by atomic mass is 10.1. The van der Waals surface area contributed by atoms with Crippen molar-refractivity contribution < 1.29 is 10.2 Å². The van der Waals surface area contributed by atoms with Crippen molar-refractivity contribution >= 4 is 0 Å². The molecule has 3 N–H and O–H groups in total. The lowest BCUT2D eigenvalue weighted by Gasteiger charge is -2.11. The molecule has 0 aromatic heterocycles. The fraction of sp³-hybridized carbons (Fsp3) is 1.00. The van der Waals surface area contributed by atoms with Gasteiger partial charge in [0, 0.05) is 0 Å². The zero-order valence-electron chi connectivity index (χ0n) is 5.38. The molecule has 0 amide bonds. The van der Waals surface area contributed by atoms with Gasteiger partial charge in [-0.3, -0.25) is 0 Å². The normalized spacial score (nSPS) is 38.0. The Balaban J connectivity index is 2.32. The molecule has 0 unspecified atom stereocenters. The molecule has 1 saturated heterocycles. The predicted octanol–water partition coefficient (Wildman–Crippen LogP) is -0.908. The van der Waals surface area contributed by atoms with Crippen LogP contribution in [-0.4, -0.2) is 35.5 Å². The number of hydrogen-bond donors (Lipinski definition) is 3. The van der Waals surface area contributed by atoms with Gasteiger partial charge in [0.05, 0.1) is 12.2 Å². The Hall–Kier alpha value is -0.120. The summed E-state index contributed by atoms with van der Waals surface area (Å²) in [6.07, 6.45) is 0.308. The Morgan fingerprint density at radius 3 is 1.89 bits per heavy atom. The van der Waals surface area contributed by atoms with E-state index in [1.54, 1.807) is 0 Å². The molecule has 54 valence electrons. The van der Waals surface area contributed by atoms with Crippen LogP contribution >= 0.6 is 0 Å². The molecule has 1 aliphatic rings. The van der Waals surface area contributed by atoms with Gasteiger partial charge in [0.15, 0.2) is 0 Å². The maximum Gasteiger partial charge on any atom is 0.0811 e. The van der Waals surface area contributed by atoms with Gasteiger partial charge in [-0.15, -0.1) is 0 Å². The predicted molar refractivity (Wildman–Crippen MR) is 34.1 cm³/mol. The van der Waals surface area contributed by atoms with Crippen molar-refractivity contribution in [3.05, 3.63) is 0 Å². The van der Waals surface area contributed by atoms with Crippen LogP contribution < -0.4 is 5.32 Å². The summed E-state index contributed by atoms with van der Waals surface area (Å²) in [6, 6.07) is 0. The lowest BCUT2D eigenvalue weighted by Crippen LogP contribution is -2.24. The topological polar surface area (TPSA) is 52.5 Å². The molecule has 0 bridgehead atoms. The van der Waals surface area contributed by atoms with Crippen molar-refractivity contribution in [2.75, 3.05) is 13.1 Å². The molecule has 3 heteroatoms. The van der Waals surface area contributed by atoms with Gasteiger partial charge in [-0.2, -0.15) is 0 Å². The van der Waals surface area contributed by atoms with E-state index in [1.165, 1.54) is 0 Å². The van der Waals surface area contributed by atoms with Crippen LogP contribution in [0.1, 0.15) is 12.8 Å². The summed E-state index contributed by atoms with van der Waals surface area (Å²) in [5, 5.41) is 21.2. The minimum absolute atomic E-state index is 0.514. The van der Waals surface area contributed by atoms with E-state index in [1.807, 2.05) is 0 Å². The molecule has 0 aliphatic carbocycles. The van der Waals surface area contributed by atoms with Crippen molar-refractivity contribution in [3.8, 4) is 0 Å². The Labute approximate surface area is 54.7 Å². The highest BCUT2D eigenvalue weighted by molar-refractivity contribution is 4.72. The Morgan fingerprint density at radius 2 is 1.44 bits per heavy atom. The standard InChI is InChI=1S/C6H13NO2/c8-5-1-3-7-4-2-6(5)9/h5-9H,1-4H2/t5-,6-/m0/s1. The molecular weight excluding hydrogens is 118 g/mol. The van der Waals surface area contributed by atoms with Gasteiger partial charge < -0.3 is 15.5 Å². The SMILES string of the molecule is O[C@H]1CCNCC[C@@H]1O. The van der Waals surface area contributed by atoms with E-state index >= 15 is 0 Å². The fourth-order valence-electron chi connectivity index (χ4n) is 1.01. The zero-order chi connectivity index (χ0) is 6.69. The first-order valence-electron chi connectivity index (χ1n) is 3.37. The van der Waals surface area contributed by atoms with Crippen LogP contribution in [0.15, 0.2) is 0 Å². The number of hydrogen-bond acceptors (Lipinski definition) is 3. The van der Waals surface area contributed by atoms with Gasteiger partial charge in [0.25, 0.3) is 0 Å². The minimum atomic E-state index is -0.514. The molecule has 0 aromatic rings. The first kappa shape index (κ1) is 6.99. The van der Waals surface area contributed by atoms with E-state index in [9.17, 15) is 0 Å². The van der Waals surface area contributed by atoms with Crippen molar-refractivity contribution in [3.63, 3.8) is 0 Å². The third-order valence-electron chi connectivity index (χ3n) is 1.68. The Morgan fingerprint density at radius 1 is 1.00 bits per heavy atom. The zero-order valence-corrected chi connectivity index (χ0v) is 5.38. The van der Waals surface area contributed by atoms with Gasteiger partial charge in [-0.05, 0) is 25.9 Å². The average Bonchev–Trinajstić information content (AvgIpc) is 1.99. The molecule has 3 nitrogen and oxygen atoms in total. The van der Waals surface area contributed by atoms with Crippen LogP contribution in [0, 0.1) is 0 Å². The minimum Gasteiger partial charge on any atom is -0.390 e. The highest BCUT2D eigenvalue weighted by Crippen LogP contribution is 2.04. The molecule has 0 aromatic carbocycles. The highest BCUT2D eigenvalue weighted by Gasteiger charge is 2.17. The van der Waals surface area contributed by atoms with Crippen LogP contribution in [0.3, 0.4) is 0 Å². The van der Waals surface area contributed by atoms with Crippen LogP contribution in [0.5, 0.6) is 0 Å². The molecule has 1 fully saturated rings. The van der Waals surface area contributed by atoms with Crippen molar-refractivity contribution in [1.82, 2.24) is 5.32 Å². The average molecular weight is 131 g/mol. The number of aliphatic hydroxyl groups excluding tert-OH is 2. The van der Waals surface area contributed by atoms with Crippen LogP contribution in [0.2, 0.25) is 0 Å². The third kappa shape index (κ3) is 1.93. The van der Waals surface area contributed by atoms with Crippen LogP contribution in [0.25, 0.3) is 0 Å². The van der Waals surface area contributed by atoms with Gasteiger partial charge in [-0.1, -0.05) is 0 Å². The van der Waals surface area contributed by atoms with E-state index in [4.69, 9.17) is 10.2 Å². The molecule has 0 saturated carbocycles. The fourth-order valence-corrected chi connectivity index (χ4v) is 1.01. The van der Waals surface area contributed by atoms with E-state index in [-0.39, 0.29) is 0 Å². The van der Waals surface area contributed by atoms with Crippen molar-refractivity contribution in [1.29, 1.82) is 0 Å². The summed E-state index contributed by atoms with van der Waals surface area (Å²) in [5.41, 5.74) is 0. The summed E-state index contributed by atoms with van der Waals surface area (Å²) in [7, 11) is 0. The maximum absolute atomic E-state index is 9.07. The van der Waals surface area contributed by atoms with Crippen LogP contribution in [0.4, 0.5) is 0 Å². The van der Waals surface area contributed by atoms with Gasteiger partial charge >= 0.3 is 0 Å². The van der Waals surface area contributed by atoms with Gasteiger partial charge in [0.2, 0.25) is 0 Å². The molecule has 1 heterocycles. The van der Waals surface area contributed by atoms with Crippen molar-refractivity contribution in [2.45, 2.75) is 25.0 Å². The molecule has 2 atom stereocenters. The summed E-state index contributed by atoms with van der Waals surface area (Å²) in [4.78, 5) is 0. The molecule has 1 aliphatic heterocycles. The smallest absolute Gasteiger partial charge is 0.0811 e. The third-order valence-corrected chi connectivity index (χ3v) is 1.68. The Bertz CT molecular complexity index is 77.1. The summed E-state index contributed by atoms with van der Waals surface area (Å²) in [6.45, 7) is 1.64. The number of rotatable bonds is 0. The molecule has 1 rings (SSSR count). The first-order valence-corrected chi connectivity index (χ1v) is 3.37. The molecule has 9 heavy (non-hydrogen) atoms. The highest BCUT2D eigenvalue weighted by atomic mass is 16.3. The molecular formula is C6H13NO2. The summed E-state index contributed by atoms with van der Waals surface area (Å²) < 4.78 is 0. The van der Waals surface area contributed by atoms with E-state index in [0.29, 0.717) is 12.8 Å². The summed E-state index contributed by atoms with van der Waals surface area (Å²) >= 11 is 0. The van der Waals surface area contributed by atoms with Gasteiger partial charge in [0.1, 0.15) is 0 Å². The van der Waals surface area contributed by atoms with E-state index < -0.39 is 12.2 Å². The lowest BCUT2D eigenvalue weighted by molar-refractivity contribution is 0.0187.